The molecule has 0 aromatic carbocycles. The molecule has 0 N–H and O–H groups in total. The van der Waals surface area contributed by atoms with Crippen molar-refractivity contribution >= 4 is 11.8 Å². The SMILES string of the molecule is C=C(C)C(=O)C1CCCC1C(=O)OC. The summed E-state index contributed by atoms with van der Waals surface area (Å²) in [6.07, 6.45) is 2.46. The van der Waals surface area contributed by atoms with Crippen molar-refractivity contribution in [2.75, 3.05) is 7.11 Å². The predicted octanol–water partition coefficient (Wildman–Crippen LogP) is 1.72. The van der Waals surface area contributed by atoms with Crippen molar-refractivity contribution in [3.05, 3.63) is 12.2 Å². The maximum absolute atomic E-state index is 11.7. The molecule has 1 aliphatic carbocycles. The number of esters is 1. The third-order valence-corrected chi connectivity index (χ3v) is 2.78. The van der Waals surface area contributed by atoms with Crippen molar-refractivity contribution in [1.29, 1.82) is 0 Å². The summed E-state index contributed by atoms with van der Waals surface area (Å²) in [6.45, 7) is 5.31. The number of methoxy groups -OCH3 is 1. The number of ether oxygens (including phenoxy) is 1. The summed E-state index contributed by atoms with van der Waals surface area (Å²) in [5.74, 6) is -0.691. The second-order valence-corrected chi connectivity index (χ2v) is 3.81. The number of hydrogen-bond acceptors (Lipinski definition) is 3. The molecule has 0 bridgehead atoms. The number of ketones is 1. The van der Waals surface area contributed by atoms with Crippen LogP contribution in [0.1, 0.15) is 26.2 Å². The first kappa shape index (κ1) is 11.0. The Morgan fingerprint density at radius 3 is 2.36 bits per heavy atom. The molecule has 0 aromatic heterocycles. The van der Waals surface area contributed by atoms with Gasteiger partial charge in [-0.05, 0) is 25.3 Å². The van der Waals surface area contributed by atoms with E-state index >= 15 is 0 Å². The van der Waals surface area contributed by atoms with Gasteiger partial charge < -0.3 is 4.74 Å². The summed E-state index contributed by atoms with van der Waals surface area (Å²) in [5.41, 5.74) is 0.533. The van der Waals surface area contributed by atoms with Crippen LogP contribution < -0.4 is 0 Å². The summed E-state index contributed by atoms with van der Waals surface area (Å²) in [4.78, 5) is 23.0. The average Bonchev–Trinajstić information content (AvgIpc) is 2.63. The molecule has 2 atom stereocenters. The van der Waals surface area contributed by atoms with Crippen LogP contribution in [0, 0.1) is 11.8 Å². The van der Waals surface area contributed by atoms with Crippen LogP contribution in [-0.2, 0) is 14.3 Å². The van der Waals surface area contributed by atoms with Crippen molar-refractivity contribution in [3.8, 4) is 0 Å². The highest BCUT2D eigenvalue weighted by molar-refractivity contribution is 5.98. The molecule has 1 saturated carbocycles. The normalized spacial score (nSPS) is 25.9. The van der Waals surface area contributed by atoms with Gasteiger partial charge in [-0.2, -0.15) is 0 Å². The Labute approximate surface area is 84.1 Å². The fraction of sp³-hybridized carbons (Fsp3) is 0.636. The molecule has 1 fully saturated rings. The summed E-state index contributed by atoms with van der Waals surface area (Å²) < 4.78 is 4.67. The zero-order valence-electron chi connectivity index (χ0n) is 8.71. The Morgan fingerprint density at radius 2 is 1.86 bits per heavy atom. The minimum atomic E-state index is -0.262. The van der Waals surface area contributed by atoms with Crippen LogP contribution in [0.4, 0.5) is 0 Å². The fourth-order valence-electron chi connectivity index (χ4n) is 2.02. The molecule has 0 heterocycles. The minimum absolute atomic E-state index is 0.0119. The lowest BCUT2D eigenvalue weighted by Gasteiger charge is -2.15. The molecule has 3 heteroatoms. The van der Waals surface area contributed by atoms with Gasteiger partial charge in [-0.1, -0.05) is 13.0 Å². The van der Waals surface area contributed by atoms with Crippen LogP contribution in [0.2, 0.25) is 0 Å². The average molecular weight is 196 g/mol. The molecule has 78 valence electrons. The van der Waals surface area contributed by atoms with Crippen molar-refractivity contribution in [2.45, 2.75) is 26.2 Å². The number of carbonyl (C=O) groups is 2. The zero-order chi connectivity index (χ0) is 10.7. The molecule has 0 saturated heterocycles. The Hall–Kier alpha value is -1.12. The van der Waals surface area contributed by atoms with E-state index in [1.807, 2.05) is 0 Å². The van der Waals surface area contributed by atoms with Crippen LogP contribution in [0.3, 0.4) is 0 Å². The quantitative estimate of drug-likeness (QED) is 0.510. The maximum atomic E-state index is 11.7. The first-order valence-electron chi connectivity index (χ1n) is 4.85. The third-order valence-electron chi connectivity index (χ3n) is 2.78. The monoisotopic (exact) mass is 196 g/mol. The standard InChI is InChI=1S/C11H16O3/c1-7(2)10(12)8-5-4-6-9(8)11(13)14-3/h8-9H,1,4-6H2,2-3H3. The van der Waals surface area contributed by atoms with Gasteiger partial charge in [0, 0.05) is 5.92 Å². The molecule has 0 aliphatic heterocycles. The molecule has 0 spiro atoms. The lowest BCUT2D eigenvalue weighted by molar-refractivity contribution is -0.148. The van der Waals surface area contributed by atoms with E-state index in [9.17, 15) is 9.59 Å². The third kappa shape index (κ3) is 2.03. The number of hydrogen-bond donors (Lipinski definition) is 0. The molecule has 0 amide bonds. The number of rotatable bonds is 3. The smallest absolute Gasteiger partial charge is 0.309 e. The predicted molar refractivity (Wildman–Crippen MR) is 52.7 cm³/mol. The number of carbonyl (C=O) groups excluding carboxylic acids is 2. The molecule has 14 heavy (non-hydrogen) atoms. The zero-order valence-corrected chi connectivity index (χ0v) is 8.71. The molecular weight excluding hydrogens is 180 g/mol. The Kier molecular flexibility index (Phi) is 3.44. The number of allylic oxidation sites excluding steroid dienone is 1. The van der Waals surface area contributed by atoms with Crippen LogP contribution >= 0.6 is 0 Å². The van der Waals surface area contributed by atoms with Crippen LogP contribution in [0.5, 0.6) is 0 Å². The second kappa shape index (κ2) is 4.40. The first-order chi connectivity index (χ1) is 6.57. The Bertz CT molecular complexity index is 268. The van der Waals surface area contributed by atoms with Crippen molar-refractivity contribution in [1.82, 2.24) is 0 Å². The number of Topliss-reactive ketones (excluding diaryl/α,β-unsaturated/α-hetero) is 1. The summed E-state index contributed by atoms with van der Waals surface area (Å²) >= 11 is 0. The second-order valence-electron chi connectivity index (χ2n) is 3.81. The Morgan fingerprint density at radius 1 is 1.29 bits per heavy atom. The molecule has 1 rings (SSSR count). The van der Waals surface area contributed by atoms with Crippen molar-refractivity contribution in [2.24, 2.45) is 11.8 Å². The molecule has 0 aromatic rings. The van der Waals surface area contributed by atoms with Gasteiger partial charge in [-0.15, -0.1) is 0 Å². The molecule has 1 aliphatic rings. The van der Waals surface area contributed by atoms with E-state index in [2.05, 4.69) is 11.3 Å². The van der Waals surface area contributed by atoms with E-state index in [-0.39, 0.29) is 23.6 Å². The van der Waals surface area contributed by atoms with E-state index in [1.165, 1.54) is 7.11 Å². The largest absolute Gasteiger partial charge is 0.469 e. The molecular formula is C11H16O3. The molecule has 3 nitrogen and oxygen atoms in total. The maximum Gasteiger partial charge on any atom is 0.309 e. The van der Waals surface area contributed by atoms with Crippen molar-refractivity contribution in [3.63, 3.8) is 0 Å². The van der Waals surface area contributed by atoms with Crippen LogP contribution in [0.25, 0.3) is 0 Å². The van der Waals surface area contributed by atoms with Crippen molar-refractivity contribution < 1.29 is 14.3 Å². The summed E-state index contributed by atoms with van der Waals surface area (Å²) in [7, 11) is 1.36. The van der Waals surface area contributed by atoms with E-state index < -0.39 is 0 Å². The fourth-order valence-corrected chi connectivity index (χ4v) is 2.02. The van der Waals surface area contributed by atoms with Crippen LogP contribution in [-0.4, -0.2) is 18.9 Å². The van der Waals surface area contributed by atoms with E-state index in [4.69, 9.17) is 0 Å². The lowest BCUT2D eigenvalue weighted by atomic mass is 9.89. The van der Waals surface area contributed by atoms with Gasteiger partial charge in [0.15, 0.2) is 5.78 Å². The lowest BCUT2D eigenvalue weighted by Crippen LogP contribution is -2.26. The van der Waals surface area contributed by atoms with Gasteiger partial charge >= 0.3 is 5.97 Å². The van der Waals surface area contributed by atoms with Gasteiger partial charge in [0.25, 0.3) is 0 Å². The Balaban J connectivity index is 2.73. The van der Waals surface area contributed by atoms with E-state index in [1.54, 1.807) is 6.92 Å². The van der Waals surface area contributed by atoms with Gasteiger partial charge in [0.05, 0.1) is 13.0 Å². The van der Waals surface area contributed by atoms with Gasteiger partial charge in [-0.25, -0.2) is 0 Å². The van der Waals surface area contributed by atoms with E-state index in [0.717, 1.165) is 19.3 Å². The highest BCUT2D eigenvalue weighted by Gasteiger charge is 2.38. The van der Waals surface area contributed by atoms with Gasteiger partial charge in [-0.3, -0.25) is 9.59 Å². The summed E-state index contributed by atoms with van der Waals surface area (Å²) in [5, 5.41) is 0. The molecule has 0 radical (unpaired) electrons. The first-order valence-corrected chi connectivity index (χ1v) is 4.85. The van der Waals surface area contributed by atoms with Gasteiger partial charge in [0.2, 0.25) is 0 Å². The highest BCUT2D eigenvalue weighted by atomic mass is 16.5. The highest BCUT2D eigenvalue weighted by Crippen LogP contribution is 2.34. The topological polar surface area (TPSA) is 43.4 Å². The van der Waals surface area contributed by atoms with E-state index in [0.29, 0.717) is 5.57 Å². The molecule has 2 unspecified atom stereocenters. The summed E-state index contributed by atoms with van der Waals surface area (Å²) in [6, 6.07) is 0. The minimum Gasteiger partial charge on any atom is -0.469 e. The van der Waals surface area contributed by atoms with Crippen LogP contribution in [0.15, 0.2) is 12.2 Å². The van der Waals surface area contributed by atoms with Gasteiger partial charge in [0.1, 0.15) is 0 Å².